The number of anilines is 2. The number of rotatable bonds is 3. The number of aryl methyl sites for hydroxylation is 1. The zero-order valence-electron chi connectivity index (χ0n) is 64.0. The SMILES string of the molecule is C1=CCC(c2ccccc2)=C1.C1CCCC1.C1CCCCC1.C1CCCCCC1.C1CCNCC1.C1COCCN1.CC(C)C1=Nc2ccccc2C1.c1ccc(-c2ccn[nH]2)cc1.c1ccc2c(c1)CCCN2.c1ccc2c(c1)NCCO2.c1ccccc1.c1ccncc1.c1ccoc1.c1cscn1. The molecule has 106 heavy (non-hydrogen) atoms. The molecule has 5 N–H and O–H groups in total. The van der Waals surface area contributed by atoms with E-state index in [1.807, 2.05) is 145 Å². The minimum Gasteiger partial charge on any atom is -0.490 e. The van der Waals surface area contributed by atoms with E-state index in [2.05, 4.69) is 150 Å². The minimum absolute atomic E-state index is 0.581. The number of allylic oxidation sites excluding steroid dienone is 4. The molecule has 0 unspecified atom stereocenters. The molecule has 3 saturated carbocycles. The van der Waals surface area contributed by atoms with Crippen LogP contribution in [-0.4, -0.2) is 85.0 Å². The highest BCUT2D eigenvalue weighted by atomic mass is 32.1. The first-order valence-electron chi connectivity index (χ1n) is 39.7. The topological polar surface area (TPSA) is 147 Å². The molecule has 2 saturated heterocycles. The van der Waals surface area contributed by atoms with Crippen LogP contribution in [0.2, 0.25) is 0 Å². The van der Waals surface area contributed by atoms with E-state index >= 15 is 0 Å². The Labute approximate surface area is 642 Å². The van der Waals surface area contributed by atoms with Crippen LogP contribution in [-0.2, 0) is 17.6 Å². The molecular formula is C93H125N9O3S. The van der Waals surface area contributed by atoms with Crippen LogP contribution >= 0.6 is 11.3 Å². The number of morpholine rings is 1. The summed E-state index contributed by atoms with van der Waals surface area (Å²) in [6, 6.07) is 68.8. The first kappa shape index (κ1) is 85.9. The molecule has 0 bridgehead atoms. The standard InChI is InChI=1S/C11H13N.C11H10.C9H8N2.C9H11N.C8H9NO.C7H14.C6H12.C6H6.C5H11N.C5H5N.C5H10.C4H9NO.C4H4O.C3H3NS/c1-8(2)11-7-9-5-3-4-6-10(9)12-11;1-2-6-10(7-3-1)11-8-4-5-9-11;1-2-4-8(5-3-1)9-6-7-10-11-9;1-2-6-9-8(4-1)5-3-7-10-9;1-2-4-8-7(3-1)9-5-6-10-8;1-2-4-6-7-5-3-1;4*1-2-4-6-5-3-1;1-2-4-5-3-1;1-3-6-4-2-5-1;1-2-4-5-3-1;1-2-5-3-4-1/h3-6,8H,7H2,1-2H3;1-8H,9H2;1-7H,(H,10,11);1-2,4,6,10H,3,5,7H2;1-4,9H,5-6H2;1-7H2;1-6H2;1-6H;6H,1-5H2;1-5H;1-5H2;5H,1-4H2;1-4H;1-3H. The van der Waals surface area contributed by atoms with Crippen molar-refractivity contribution in [3.05, 3.63) is 289 Å². The highest BCUT2D eigenvalue weighted by Crippen LogP contribution is 2.29. The van der Waals surface area contributed by atoms with E-state index in [1.165, 1.54) is 206 Å². The Morgan fingerprint density at radius 1 is 0.415 bits per heavy atom. The fourth-order valence-electron chi connectivity index (χ4n) is 11.9. The van der Waals surface area contributed by atoms with Gasteiger partial charge in [0.25, 0.3) is 0 Å². The summed E-state index contributed by atoms with van der Waals surface area (Å²) in [5.41, 5.74) is 14.5. The van der Waals surface area contributed by atoms with Crippen molar-refractivity contribution < 1.29 is 13.9 Å². The Morgan fingerprint density at radius 3 is 1.33 bits per heavy atom. The van der Waals surface area contributed by atoms with Gasteiger partial charge in [0.05, 0.1) is 48.3 Å². The lowest BCUT2D eigenvalue weighted by Gasteiger charge is -2.17. The molecule has 566 valence electrons. The number of nitrogens with zero attached hydrogens (tertiary/aromatic N) is 4. The van der Waals surface area contributed by atoms with Gasteiger partial charge in [-0.15, -0.1) is 11.3 Å². The number of piperidine rings is 1. The van der Waals surface area contributed by atoms with Crippen molar-refractivity contribution >= 4 is 39.7 Å². The molecule has 4 aromatic heterocycles. The summed E-state index contributed by atoms with van der Waals surface area (Å²) in [7, 11) is 0. The van der Waals surface area contributed by atoms with Gasteiger partial charge in [0, 0.05) is 74.2 Å². The minimum atomic E-state index is 0.581. The lowest BCUT2D eigenvalue weighted by atomic mass is 10.0. The number of H-pyrrole nitrogens is 1. The molecule has 5 fully saturated rings. The number of benzene rings is 6. The largest absolute Gasteiger partial charge is 0.490 e. The summed E-state index contributed by atoms with van der Waals surface area (Å²) >= 11 is 1.60. The molecule has 5 aliphatic heterocycles. The second-order valence-corrected chi connectivity index (χ2v) is 27.5. The number of thiazole rings is 1. The van der Waals surface area contributed by atoms with Gasteiger partial charge in [-0.25, -0.2) is 0 Å². The predicted octanol–water partition coefficient (Wildman–Crippen LogP) is 24.2. The molecule has 0 atom stereocenters. The zero-order valence-corrected chi connectivity index (χ0v) is 64.8. The number of fused-ring (bicyclic) bond motifs is 3. The van der Waals surface area contributed by atoms with Crippen molar-refractivity contribution in [2.45, 2.75) is 174 Å². The van der Waals surface area contributed by atoms with E-state index in [0.29, 0.717) is 5.92 Å². The molecule has 12 nitrogen and oxygen atoms in total. The molecule has 9 aliphatic rings. The molecule has 10 aromatic rings. The van der Waals surface area contributed by atoms with Gasteiger partial charge in [0.2, 0.25) is 0 Å². The van der Waals surface area contributed by atoms with Crippen molar-refractivity contribution in [1.82, 2.24) is 30.8 Å². The summed E-state index contributed by atoms with van der Waals surface area (Å²) in [6.07, 6.45) is 52.6. The second-order valence-electron chi connectivity index (χ2n) is 26.7. The maximum absolute atomic E-state index is 5.36. The van der Waals surface area contributed by atoms with E-state index < -0.39 is 0 Å². The summed E-state index contributed by atoms with van der Waals surface area (Å²) in [5.74, 6) is 1.55. The third-order valence-electron chi connectivity index (χ3n) is 17.9. The van der Waals surface area contributed by atoms with Gasteiger partial charge in [0.15, 0.2) is 0 Å². The van der Waals surface area contributed by atoms with Crippen LogP contribution in [0.15, 0.2) is 282 Å². The fraction of sp³-hybridized carbons (Fsp3) is 0.398. The van der Waals surface area contributed by atoms with Gasteiger partial charge in [-0.3, -0.25) is 20.1 Å². The first-order valence-corrected chi connectivity index (χ1v) is 40.6. The van der Waals surface area contributed by atoms with Crippen LogP contribution in [0.5, 0.6) is 5.75 Å². The van der Waals surface area contributed by atoms with Crippen LogP contribution in [0, 0.1) is 5.92 Å². The maximum atomic E-state index is 5.36. The van der Waals surface area contributed by atoms with Crippen LogP contribution in [0.25, 0.3) is 16.8 Å². The van der Waals surface area contributed by atoms with Crippen LogP contribution in [0.1, 0.15) is 178 Å². The van der Waals surface area contributed by atoms with E-state index in [9.17, 15) is 0 Å². The molecular weight excluding hydrogens is 1320 g/mol. The number of nitrogens with one attached hydrogen (secondary N) is 5. The number of furan rings is 1. The van der Waals surface area contributed by atoms with Crippen molar-refractivity contribution in [2.75, 3.05) is 69.7 Å². The Bertz CT molecular complexity index is 3280. The number of aromatic nitrogens is 4. The molecule has 9 heterocycles. The fourth-order valence-corrected chi connectivity index (χ4v) is 12.3. The Hall–Kier alpha value is -8.98. The van der Waals surface area contributed by atoms with Gasteiger partial charge in [-0.1, -0.05) is 306 Å². The molecule has 13 heteroatoms. The van der Waals surface area contributed by atoms with Gasteiger partial charge in [0.1, 0.15) is 12.4 Å². The number of para-hydroxylation sites is 4. The van der Waals surface area contributed by atoms with Gasteiger partial charge >= 0.3 is 0 Å². The van der Waals surface area contributed by atoms with Crippen LogP contribution in [0.3, 0.4) is 0 Å². The van der Waals surface area contributed by atoms with Gasteiger partial charge in [-0.05, 0) is 134 Å². The molecule has 0 radical (unpaired) electrons. The smallest absolute Gasteiger partial charge is 0.142 e. The third-order valence-corrected chi connectivity index (χ3v) is 18.4. The molecule has 19 rings (SSSR count). The number of hydrogen-bond donors (Lipinski definition) is 5. The molecule has 0 amide bonds. The number of aliphatic imine (C=N–C) groups is 1. The van der Waals surface area contributed by atoms with Crippen molar-refractivity contribution in [3.8, 4) is 17.0 Å². The quantitative estimate of drug-likeness (QED) is 0.108. The summed E-state index contributed by atoms with van der Waals surface area (Å²) in [6.45, 7) is 13.6. The second kappa shape index (κ2) is 61.2. The van der Waals surface area contributed by atoms with Crippen LogP contribution in [0.4, 0.5) is 17.1 Å². The number of pyridine rings is 1. The lowest BCUT2D eigenvalue weighted by Crippen LogP contribution is -2.30. The Balaban J connectivity index is 0.000000181. The number of ether oxygens (including phenoxy) is 2. The van der Waals surface area contributed by atoms with E-state index in [4.69, 9.17) is 9.47 Å². The highest BCUT2D eigenvalue weighted by molar-refractivity contribution is 7.07. The van der Waals surface area contributed by atoms with Gasteiger partial charge in [-0.2, -0.15) is 5.10 Å². The normalized spacial score (nSPS) is 15.6. The third kappa shape index (κ3) is 42.8. The lowest BCUT2D eigenvalue weighted by molar-refractivity contribution is 0.109. The van der Waals surface area contributed by atoms with Crippen molar-refractivity contribution in [1.29, 1.82) is 0 Å². The molecule has 0 spiro atoms. The van der Waals surface area contributed by atoms with Gasteiger partial charge < -0.3 is 35.2 Å². The van der Waals surface area contributed by atoms with E-state index in [0.717, 1.165) is 76.0 Å². The monoisotopic (exact) mass is 1450 g/mol. The average Bonchev–Trinajstić information content (AvgIpc) is 1.65. The van der Waals surface area contributed by atoms with Crippen molar-refractivity contribution in [3.63, 3.8) is 0 Å². The Kier molecular flexibility index (Phi) is 49.6. The van der Waals surface area contributed by atoms with Crippen molar-refractivity contribution in [2.24, 2.45) is 10.9 Å². The zero-order chi connectivity index (χ0) is 74.0. The average molecular weight is 1450 g/mol. The summed E-state index contributed by atoms with van der Waals surface area (Å²) in [4.78, 5) is 12.1. The summed E-state index contributed by atoms with van der Waals surface area (Å²) < 4.78 is 15.0. The maximum Gasteiger partial charge on any atom is 0.142 e. The first-order chi connectivity index (χ1) is 52.6. The number of hydrogen-bond acceptors (Lipinski definition) is 12. The van der Waals surface area contributed by atoms with E-state index in [-0.39, 0.29) is 0 Å². The summed E-state index contributed by atoms with van der Waals surface area (Å²) in [5, 5.41) is 21.8. The highest BCUT2D eigenvalue weighted by Gasteiger charge is 2.16. The van der Waals surface area contributed by atoms with E-state index in [1.54, 1.807) is 54.2 Å². The van der Waals surface area contributed by atoms with Crippen LogP contribution < -0.4 is 26.0 Å². The Morgan fingerprint density at radius 2 is 0.925 bits per heavy atom. The number of aromatic amines is 1. The predicted molar refractivity (Wildman–Crippen MR) is 453 cm³/mol. The molecule has 6 aromatic carbocycles. The molecule has 4 aliphatic carbocycles.